The van der Waals surface area contributed by atoms with Crippen molar-refractivity contribution in [3.8, 4) is 5.75 Å². The summed E-state index contributed by atoms with van der Waals surface area (Å²) in [4.78, 5) is 24.4. The van der Waals surface area contributed by atoms with Crippen molar-refractivity contribution in [3.05, 3.63) is 57.0 Å². The molecule has 176 valence electrons. The number of aromatic nitrogens is 2. The van der Waals surface area contributed by atoms with Crippen LogP contribution in [0.1, 0.15) is 77.8 Å². The molecule has 3 rings (SSSR count). The number of benzene rings is 2. The quantitative estimate of drug-likeness (QED) is 0.349. The predicted octanol–water partition coefficient (Wildman–Crippen LogP) is 5.76. The first kappa shape index (κ1) is 24.5. The van der Waals surface area contributed by atoms with Gasteiger partial charge in [0.15, 0.2) is 0 Å². The third-order valence-electron chi connectivity index (χ3n) is 5.67. The van der Waals surface area contributed by atoms with Crippen molar-refractivity contribution in [2.75, 3.05) is 5.73 Å². The highest BCUT2D eigenvalue weighted by molar-refractivity contribution is 5.91. The van der Waals surface area contributed by atoms with Gasteiger partial charge in [-0.1, -0.05) is 61.5 Å². The van der Waals surface area contributed by atoms with Gasteiger partial charge >= 0.3 is 0 Å². The zero-order valence-electron chi connectivity index (χ0n) is 21.0. The lowest BCUT2D eigenvalue weighted by Crippen LogP contribution is -2.17. The predicted molar refractivity (Wildman–Crippen MR) is 138 cm³/mol. The number of phenolic OH excluding ortho intramolecular Hbond substituents is 1. The smallest absolute Gasteiger partial charge is 0.270 e. The highest BCUT2D eigenvalue weighted by atomic mass is 16.3. The summed E-state index contributed by atoms with van der Waals surface area (Å²) >= 11 is 0. The van der Waals surface area contributed by atoms with Crippen LogP contribution in [0.25, 0.3) is 11.0 Å². The van der Waals surface area contributed by atoms with E-state index in [0.717, 1.165) is 11.1 Å². The normalized spacial score (nSPS) is 12.9. The lowest BCUT2D eigenvalue weighted by molar-refractivity contribution is 0.444. The molecule has 33 heavy (non-hydrogen) atoms. The van der Waals surface area contributed by atoms with Crippen molar-refractivity contribution >= 4 is 28.6 Å². The summed E-state index contributed by atoms with van der Waals surface area (Å²) in [5, 5.41) is 11.0. The Morgan fingerprint density at radius 1 is 1.09 bits per heavy atom. The summed E-state index contributed by atoms with van der Waals surface area (Å²) in [6.45, 7) is 16.8. The Balaban J connectivity index is 2.12. The molecule has 2 aromatic carbocycles. The number of rotatable bonds is 4. The molecule has 1 heterocycles. The van der Waals surface area contributed by atoms with Gasteiger partial charge in [0.25, 0.3) is 5.56 Å². The fraction of sp³-hybridized carbons (Fsp3) is 0.444. The molecule has 0 saturated heterocycles. The third-order valence-corrected chi connectivity index (χ3v) is 5.67. The average Bonchev–Trinajstić information content (AvgIpc) is 2.66. The monoisotopic (exact) mass is 448 g/mol. The lowest BCUT2D eigenvalue weighted by Gasteiger charge is -2.27. The summed E-state index contributed by atoms with van der Waals surface area (Å²) in [6.07, 6.45) is 2.25. The van der Waals surface area contributed by atoms with Gasteiger partial charge in [0.1, 0.15) is 11.4 Å². The molecule has 0 bridgehead atoms. The van der Waals surface area contributed by atoms with E-state index in [-0.39, 0.29) is 22.1 Å². The van der Waals surface area contributed by atoms with Crippen LogP contribution < -0.4 is 11.3 Å². The summed E-state index contributed by atoms with van der Waals surface area (Å²) in [5.74, 6) is 0.540. The van der Waals surface area contributed by atoms with Crippen LogP contribution in [0.5, 0.6) is 5.75 Å². The molecule has 0 unspecified atom stereocenters. The van der Waals surface area contributed by atoms with Crippen molar-refractivity contribution in [1.82, 2.24) is 9.97 Å². The second-order valence-electron chi connectivity index (χ2n) is 11.3. The molecule has 0 spiro atoms. The van der Waals surface area contributed by atoms with Gasteiger partial charge in [-0.3, -0.25) is 9.79 Å². The molecule has 0 aliphatic rings. The number of hydrogen-bond acceptors (Lipinski definition) is 5. The molecule has 4 N–H and O–H groups in total. The zero-order valence-corrected chi connectivity index (χ0v) is 21.0. The number of nitrogens with two attached hydrogens (primary N) is 1. The number of aliphatic imine (C=N–C) groups is 1. The Labute approximate surface area is 196 Å². The highest BCUT2D eigenvalue weighted by Gasteiger charge is 2.24. The lowest BCUT2D eigenvalue weighted by atomic mass is 9.79. The molecule has 0 saturated carbocycles. The van der Waals surface area contributed by atoms with Crippen molar-refractivity contribution in [2.45, 2.75) is 72.6 Å². The number of nitrogen functional groups attached to an aromatic ring is 1. The van der Waals surface area contributed by atoms with E-state index in [1.807, 2.05) is 19.9 Å². The number of fused-ring (bicyclic) bond motifs is 1. The van der Waals surface area contributed by atoms with E-state index < -0.39 is 0 Å². The minimum atomic E-state index is -0.224. The van der Waals surface area contributed by atoms with Crippen LogP contribution in [0.3, 0.4) is 0 Å². The minimum absolute atomic E-state index is 0.0825. The molecule has 0 aliphatic carbocycles. The first-order valence-electron chi connectivity index (χ1n) is 11.4. The number of anilines is 1. The first-order valence-corrected chi connectivity index (χ1v) is 11.4. The number of phenols is 1. The second kappa shape index (κ2) is 8.65. The van der Waals surface area contributed by atoms with Crippen molar-refractivity contribution in [1.29, 1.82) is 0 Å². The summed E-state index contributed by atoms with van der Waals surface area (Å²) in [6, 6.07) is 7.51. The number of hydrogen-bond donors (Lipinski definition) is 3. The Bertz CT molecular complexity index is 1270. The first-order chi connectivity index (χ1) is 15.2. The van der Waals surface area contributed by atoms with Gasteiger partial charge in [0, 0.05) is 17.3 Å². The van der Waals surface area contributed by atoms with E-state index in [1.165, 1.54) is 0 Å². The van der Waals surface area contributed by atoms with Gasteiger partial charge in [-0.05, 0) is 46.9 Å². The zero-order chi connectivity index (χ0) is 24.7. The van der Waals surface area contributed by atoms with E-state index in [2.05, 4.69) is 62.6 Å². The SMILES string of the molecule is CC(C)Cc1nc2cc(N=Cc3cc(C(C)(C)C)cc(C(C)(C)C)c3O)c(N)cc2[nH]c1=O. The molecule has 0 fully saturated rings. The Morgan fingerprint density at radius 2 is 1.76 bits per heavy atom. The van der Waals surface area contributed by atoms with Gasteiger partial charge in [-0.25, -0.2) is 4.98 Å². The fourth-order valence-corrected chi connectivity index (χ4v) is 3.71. The summed E-state index contributed by atoms with van der Waals surface area (Å²) < 4.78 is 0. The summed E-state index contributed by atoms with van der Waals surface area (Å²) in [5.41, 5.74) is 11.1. The van der Waals surface area contributed by atoms with Crippen LogP contribution in [0.15, 0.2) is 34.1 Å². The van der Waals surface area contributed by atoms with E-state index in [0.29, 0.717) is 46.0 Å². The van der Waals surface area contributed by atoms with Crippen LogP contribution in [0.2, 0.25) is 0 Å². The standard InChI is InChI=1S/C27H36N4O2/c1-15(2)9-23-25(33)31-21-12-19(28)20(13-22(21)30-23)29-14-16-10-17(26(3,4)5)11-18(24(16)32)27(6,7)8/h10-15,32H,9,28H2,1-8H3,(H,31,33). The molecule has 6 nitrogen and oxygen atoms in total. The van der Waals surface area contributed by atoms with Gasteiger partial charge in [0.2, 0.25) is 0 Å². The Morgan fingerprint density at radius 3 is 2.33 bits per heavy atom. The van der Waals surface area contributed by atoms with Crippen molar-refractivity contribution in [3.63, 3.8) is 0 Å². The third kappa shape index (κ3) is 5.44. The molecular formula is C27H36N4O2. The van der Waals surface area contributed by atoms with Gasteiger partial charge in [-0.2, -0.15) is 0 Å². The fourth-order valence-electron chi connectivity index (χ4n) is 3.71. The highest BCUT2D eigenvalue weighted by Crippen LogP contribution is 2.37. The Kier molecular flexibility index (Phi) is 6.42. The molecule has 0 atom stereocenters. The minimum Gasteiger partial charge on any atom is -0.507 e. The number of nitrogens with one attached hydrogen (secondary N) is 1. The van der Waals surface area contributed by atoms with Crippen LogP contribution >= 0.6 is 0 Å². The number of aromatic amines is 1. The molecule has 6 heteroatoms. The maximum Gasteiger partial charge on any atom is 0.270 e. The number of H-pyrrole nitrogens is 1. The number of aromatic hydroxyl groups is 1. The van der Waals surface area contributed by atoms with Crippen LogP contribution in [-0.4, -0.2) is 21.3 Å². The molecule has 1 aromatic heterocycles. The largest absolute Gasteiger partial charge is 0.507 e. The van der Waals surface area contributed by atoms with Crippen LogP contribution in [0, 0.1) is 5.92 Å². The molecule has 0 amide bonds. The van der Waals surface area contributed by atoms with Gasteiger partial charge in [0.05, 0.1) is 22.4 Å². The second-order valence-corrected chi connectivity index (χ2v) is 11.3. The van der Waals surface area contributed by atoms with Gasteiger partial charge < -0.3 is 15.8 Å². The average molecular weight is 449 g/mol. The van der Waals surface area contributed by atoms with Crippen molar-refractivity contribution in [2.24, 2.45) is 10.9 Å². The van der Waals surface area contributed by atoms with E-state index in [4.69, 9.17) is 5.73 Å². The van der Waals surface area contributed by atoms with Crippen LogP contribution in [-0.2, 0) is 17.3 Å². The maximum absolute atomic E-state index is 12.3. The van der Waals surface area contributed by atoms with E-state index in [1.54, 1.807) is 18.3 Å². The topological polar surface area (TPSA) is 104 Å². The van der Waals surface area contributed by atoms with E-state index in [9.17, 15) is 9.90 Å². The molecule has 3 aromatic rings. The van der Waals surface area contributed by atoms with E-state index >= 15 is 0 Å². The molecular weight excluding hydrogens is 412 g/mol. The maximum atomic E-state index is 12.3. The Hall–Kier alpha value is -3.15. The molecule has 0 radical (unpaired) electrons. The van der Waals surface area contributed by atoms with Crippen LogP contribution in [0.4, 0.5) is 11.4 Å². The van der Waals surface area contributed by atoms with Gasteiger partial charge in [-0.15, -0.1) is 0 Å². The molecule has 0 aliphatic heterocycles. The number of nitrogens with zero attached hydrogens (tertiary/aromatic N) is 2. The summed E-state index contributed by atoms with van der Waals surface area (Å²) in [7, 11) is 0. The van der Waals surface area contributed by atoms with Crippen molar-refractivity contribution < 1.29 is 5.11 Å².